The summed E-state index contributed by atoms with van der Waals surface area (Å²) < 4.78 is 5.90. The molecule has 1 heterocycles. The topological polar surface area (TPSA) is 38.5 Å². The number of hydrogen-bond donors (Lipinski definition) is 1. The largest absolute Gasteiger partial charge is 0.457 e. The van der Waals surface area contributed by atoms with Crippen molar-refractivity contribution in [1.29, 1.82) is 0 Å². The Labute approximate surface area is 132 Å². The molecule has 1 aliphatic heterocycles. The summed E-state index contributed by atoms with van der Waals surface area (Å²) in [5, 5.41) is 0. The first kappa shape index (κ1) is 15.1. The molecule has 3 rings (SSSR count). The number of piperidine rings is 1. The molecular formula is C19H24N2O. The third-order valence-corrected chi connectivity index (χ3v) is 4.28. The van der Waals surface area contributed by atoms with Gasteiger partial charge in [-0.15, -0.1) is 0 Å². The van der Waals surface area contributed by atoms with Gasteiger partial charge < -0.3 is 10.5 Å². The van der Waals surface area contributed by atoms with Gasteiger partial charge in [0.1, 0.15) is 11.5 Å². The lowest BCUT2D eigenvalue weighted by molar-refractivity contribution is 0.165. The van der Waals surface area contributed by atoms with Crippen molar-refractivity contribution in [1.82, 2.24) is 4.90 Å². The van der Waals surface area contributed by atoms with Crippen LogP contribution in [0.5, 0.6) is 11.5 Å². The third-order valence-electron chi connectivity index (χ3n) is 4.28. The lowest BCUT2D eigenvalue weighted by atomic mass is 9.91. The maximum absolute atomic E-state index is 6.20. The van der Waals surface area contributed by atoms with Crippen LogP contribution in [0.15, 0.2) is 54.6 Å². The molecule has 2 N–H and O–H groups in total. The summed E-state index contributed by atoms with van der Waals surface area (Å²) in [5.74, 6) is 1.76. The zero-order chi connectivity index (χ0) is 15.4. The van der Waals surface area contributed by atoms with Crippen molar-refractivity contribution in [2.24, 2.45) is 5.73 Å². The molecule has 3 heteroatoms. The van der Waals surface area contributed by atoms with Gasteiger partial charge in [0, 0.05) is 25.2 Å². The first-order valence-corrected chi connectivity index (χ1v) is 7.94. The van der Waals surface area contributed by atoms with Gasteiger partial charge in [0.2, 0.25) is 0 Å². The van der Waals surface area contributed by atoms with E-state index in [0.29, 0.717) is 0 Å². The second kappa shape index (κ2) is 6.51. The van der Waals surface area contributed by atoms with Crippen LogP contribution in [0.3, 0.4) is 0 Å². The van der Waals surface area contributed by atoms with E-state index >= 15 is 0 Å². The second-order valence-corrected chi connectivity index (χ2v) is 6.49. The number of nitrogens with zero attached hydrogens (tertiary/aromatic N) is 1. The number of nitrogens with two attached hydrogens (primary N) is 1. The van der Waals surface area contributed by atoms with Crippen molar-refractivity contribution < 1.29 is 4.74 Å². The molecule has 0 aromatic heterocycles. The van der Waals surface area contributed by atoms with Crippen molar-refractivity contribution in [2.45, 2.75) is 31.8 Å². The van der Waals surface area contributed by atoms with Gasteiger partial charge in [-0.25, -0.2) is 0 Å². The third kappa shape index (κ3) is 4.09. The maximum atomic E-state index is 6.20. The van der Waals surface area contributed by atoms with Gasteiger partial charge in [-0.2, -0.15) is 0 Å². The predicted molar refractivity (Wildman–Crippen MR) is 90.1 cm³/mol. The predicted octanol–water partition coefficient (Wildman–Crippen LogP) is 3.79. The molecule has 0 spiro atoms. The number of para-hydroxylation sites is 1. The Bertz CT molecular complexity index is 600. The Kier molecular flexibility index (Phi) is 4.46. The molecule has 0 saturated carbocycles. The van der Waals surface area contributed by atoms with Crippen LogP contribution in [0.1, 0.15) is 25.3 Å². The normalized spacial score (nSPS) is 18.1. The molecule has 1 fully saturated rings. The Morgan fingerprint density at radius 2 is 1.68 bits per heavy atom. The summed E-state index contributed by atoms with van der Waals surface area (Å²) in [4.78, 5) is 2.47. The smallest absolute Gasteiger partial charge is 0.127 e. The number of benzene rings is 2. The van der Waals surface area contributed by atoms with E-state index in [1.54, 1.807) is 0 Å². The van der Waals surface area contributed by atoms with Gasteiger partial charge >= 0.3 is 0 Å². The van der Waals surface area contributed by atoms with E-state index in [1.165, 1.54) is 5.56 Å². The molecular weight excluding hydrogens is 272 g/mol. The average molecular weight is 296 g/mol. The fraction of sp³-hybridized carbons (Fsp3) is 0.368. The van der Waals surface area contributed by atoms with Crippen molar-refractivity contribution in [2.75, 3.05) is 13.1 Å². The minimum Gasteiger partial charge on any atom is -0.457 e. The monoisotopic (exact) mass is 296 g/mol. The first-order chi connectivity index (χ1) is 10.6. The van der Waals surface area contributed by atoms with Crippen LogP contribution in [-0.2, 0) is 6.54 Å². The molecule has 22 heavy (non-hydrogen) atoms. The van der Waals surface area contributed by atoms with Crippen molar-refractivity contribution >= 4 is 0 Å². The fourth-order valence-electron chi connectivity index (χ4n) is 2.81. The SMILES string of the molecule is CC1(N)CCN(Cc2cccc(Oc3ccccc3)c2)CC1. The standard InChI is InChI=1S/C19H24N2O/c1-19(20)10-12-21(13-11-19)15-16-6-5-9-18(14-16)22-17-7-3-2-4-8-17/h2-9,14H,10-13,15,20H2,1H3. The summed E-state index contributed by atoms with van der Waals surface area (Å²) in [6, 6.07) is 18.3. The van der Waals surface area contributed by atoms with Gasteiger partial charge in [-0.3, -0.25) is 4.90 Å². The number of hydrogen-bond acceptors (Lipinski definition) is 3. The van der Waals surface area contributed by atoms with Crippen LogP contribution in [0.4, 0.5) is 0 Å². The van der Waals surface area contributed by atoms with Crippen molar-refractivity contribution in [3.05, 3.63) is 60.2 Å². The minimum atomic E-state index is 0.00870. The Hall–Kier alpha value is -1.84. The number of ether oxygens (including phenoxy) is 1. The highest BCUT2D eigenvalue weighted by Crippen LogP contribution is 2.24. The zero-order valence-electron chi connectivity index (χ0n) is 13.2. The molecule has 0 unspecified atom stereocenters. The van der Waals surface area contributed by atoms with E-state index in [9.17, 15) is 0 Å². The zero-order valence-corrected chi connectivity index (χ0v) is 13.2. The van der Waals surface area contributed by atoms with Crippen LogP contribution in [0.25, 0.3) is 0 Å². The molecule has 2 aromatic rings. The molecule has 0 atom stereocenters. The highest BCUT2D eigenvalue weighted by molar-refractivity contribution is 5.33. The molecule has 2 aromatic carbocycles. The summed E-state index contributed by atoms with van der Waals surface area (Å²) in [6.45, 7) is 5.24. The molecule has 116 valence electrons. The van der Waals surface area contributed by atoms with E-state index in [0.717, 1.165) is 44.0 Å². The number of likely N-dealkylation sites (tertiary alicyclic amines) is 1. The second-order valence-electron chi connectivity index (χ2n) is 6.49. The van der Waals surface area contributed by atoms with Crippen molar-refractivity contribution in [3.8, 4) is 11.5 Å². The average Bonchev–Trinajstić information content (AvgIpc) is 2.51. The van der Waals surface area contributed by atoms with Crippen LogP contribution >= 0.6 is 0 Å². The first-order valence-electron chi connectivity index (χ1n) is 7.94. The van der Waals surface area contributed by atoms with Gasteiger partial charge in [0.25, 0.3) is 0 Å². The van der Waals surface area contributed by atoms with E-state index in [4.69, 9.17) is 10.5 Å². The summed E-state index contributed by atoms with van der Waals surface area (Å²) in [6.07, 6.45) is 2.13. The molecule has 3 nitrogen and oxygen atoms in total. The quantitative estimate of drug-likeness (QED) is 0.933. The molecule has 0 amide bonds. The lowest BCUT2D eigenvalue weighted by Crippen LogP contribution is -2.47. The highest BCUT2D eigenvalue weighted by atomic mass is 16.5. The Balaban J connectivity index is 1.62. The molecule has 1 aliphatic rings. The van der Waals surface area contributed by atoms with E-state index in [-0.39, 0.29) is 5.54 Å². The van der Waals surface area contributed by atoms with E-state index in [2.05, 4.69) is 30.0 Å². The van der Waals surface area contributed by atoms with Crippen LogP contribution in [0.2, 0.25) is 0 Å². The van der Waals surface area contributed by atoms with E-state index < -0.39 is 0 Å². The fourth-order valence-corrected chi connectivity index (χ4v) is 2.81. The van der Waals surface area contributed by atoms with Crippen LogP contribution < -0.4 is 10.5 Å². The summed E-state index contributed by atoms with van der Waals surface area (Å²) >= 11 is 0. The minimum absolute atomic E-state index is 0.00870. The molecule has 0 radical (unpaired) electrons. The van der Waals surface area contributed by atoms with Gasteiger partial charge in [0.05, 0.1) is 0 Å². The Morgan fingerprint density at radius 3 is 2.41 bits per heavy atom. The molecule has 0 aliphatic carbocycles. The lowest BCUT2D eigenvalue weighted by Gasteiger charge is -2.36. The van der Waals surface area contributed by atoms with Crippen LogP contribution in [0, 0.1) is 0 Å². The van der Waals surface area contributed by atoms with Crippen molar-refractivity contribution in [3.63, 3.8) is 0 Å². The van der Waals surface area contributed by atoms with Gasteiger partial charge in [-0.05, 0) is 49.6 Å². The highest BCUT2D eigenvalue weighted by Gasteiger charge is 2.25. The molecule has 0 bridgehead atoms. The van der Waals surface area contributed by atoms with Crippen LogP contribution in [-0.4, -0.2) is 23.5 Å². The maximum Gasteiger partial charge on any atom is 0.127 e. The number of rotatable bonds is 4. The van der Waals surface area contributed by atoms with Gasteiger partial charge in [-0.1, -0.05) is 30.3 Å². The molecule has 1 saturated heterocycles. The van der Waals surface area contributed by atoms with Gasteiger partial charge in [0.15, 0.2) is 0 Å². The summed E-state index contributed by atoms with van der Waals surface area (Å²) in [7, 11) is 0. The summed E-state index contributed by atoms with van der Waals surface area (Å²) in [5.41, 5.74) is 7.49. The Morgan fingerprint density at radius 1 is 1.00 bits per heavy atom. The van der Waals surface area contributed by atoms with E-state index in [1.807, 2.05) is 36.4 Å².